The lowest BCUT2D eigenvalue weighted by molar-refractivity contribution is 0.0526. The van der Waals surface area contributed by atoms with Crippen LogP contribution in [0, 0.1) is 0 Å². The Morgan fingerprint density at radius 2 is 1.82 bits per heavy atom. The normalized spacial score (nSPS) is 10.2. The Morgan fingerprint density at radius 1 is 1.04 bits per heavy atom. The third-order valence-corrected chi connectivity index (χ3v) is 3.89. The standard InChI is InChI=1S/C20H17ClN4O3/c1-2-28-20(27)13-6-8-15(9-7-13)25-19(26)17-11-18(23-12-22-17)24-16-5-3-4-14(21)10-16/h3-12H,2H2,1H3,(H,25,26)(H,22,23,24). The van der Waals surface area contributed by atoms with E-state index in [1.54, 1.807) is 49.4 Å². The van der Waals surface area contributed by atoms with Gasteiger partial charge in [0.15, 0.2) is 0 Å². The fourth-order valence-corrected chi connectivity index (χ4v) is 2.55. The summed E-state index contributed by atoms with van der Waals surface area (Å²) in [7, 11) is 0. The minimum Gasteiger partial charge on any atom is -0.462 e. The molecule has 0 fully saturated rings. The minimum atomic E-state index is -0.409. The second kappa shape index (κ2) is 8.96. The van der Waals surface area contributed by atoms with Crippen molar-refractivity contribution >= 4 is 40.7 Å². The number of rotatable bonds is 6. The number of halogens is 1. The third-order valence-electron chi connectivity index (χ3n) is 3.65. The van der Waals surface area contributed by atoms with Crippen molar-refractivity contribution in [3.63, 3.8) is 0 Å². The van der Waals surface area contributed by atoms with Gasteiger partial charge in [-0.1, -0.05) is 17.7 Å². The van der Waals surface area contributed by atoms with Crippen molar-refractivity contribution in [2.24, 2.45) is 0 Å². The first-order chi connectivity index (χ1) is 13.5. The summed E-state index contributed by atoms with van der Waals surface area (Å²) in [6.07, 6.45) is 1.30. The average molecular weight is 397 g/mol. The third kappa shape index (κ3) is 5.05. The molecule has 0 bridgehead atoms. The zero-order valence-corrected chi connectivity index (χ0v) is 15.7. The minimum absolute atomic E-state index is 0.189. The predicted octanol–water partition coefficient (Wildman–Crippen LogP) is 4.30. The van der Waals surface area contributed by atoms with Crippen molar-refractivity contribution < 1.29 is 14.3 Å². The molecule has 0 radical (unpaired) electrons. The van der Waals surface area contributed by atoms with Crippen molar-refractivity contribution in [2.45, 2.75) is 6.92 Å². The molecule has 2 N–H and O–H groups in total. The second-order valence-electron chi connectivity index (χ2n) is 5.68. The summed E-state index contributed by atoms with van der Waals surface area (Å²) in [5, 5.41) is 6.38. The molecule has 1 heterocycles. The van der Waals surface area contributed by atoms with Crippen LogP contribution in [0.3, 0.4) is 0 Å². The molecule has 3 aromatic rings. The number of amides is 1. The van der Waals surface area contributed by atoms with Crippen LogP contribution in [0.25, 0.3) is 0 Å². The Labute approximate surface area is 166 Å². The van der Waals surface area contributed by atoms with Gasteiger partial charge in [0, 0.05) is 22.5 Å². The summed E-state index contributed by atoms with van der Waals surface area (Å²) >= 11 is 5.97. The van der Waals surface area contributed by atoms with E-state index < -0.39 is 11.9 Å². The summed E-state index contributed by atoms with van der Waals surface area (Å²) in [6.45, 7) is 2.04. The average Bonchev–Trinajstić information content (AvgIpc) is 2.69. The summed E-state index contributed by atoms with van der Waals surface area (Å²) in [5.74, 6) is -0.353. The van der Waals surface area contributed by atoms with Crippen LogP contribution < -0.4 is 10.6 Å². The van der Waals surface area contributed by atoms with Gasteiger partial charge in [0.25, 0.3) is 5.91 Å². The smallest absolute Gasteiger partial charge is 0.338 e. The molecule has 7 nitrogen and oxygen atoms in total. The van der Waals surface area contributed by atoms with Crippen LogP contribution in [-0.2, 0) is 4.74 Å². The van der Waals surface area contributed by atoms with Crippen LogP contribution in [0.5, 0.6) is 0 Å². The molecule has 0 aliphatic rings. The van der Waals surface area contributed by atoms with Crippen molar-refractivity contribution in [1.82, 2.24) is 9.97 Å². The Kier molecular flexibility index (Phi) is 6.18. The molecule has 0 spiro atoms. The van der Waals surface area contributed by atoms with Gasteiger partial charge in [0.1, 0.15) is 17.8 Å². The number of hydrogen-bond donors (Lipinski definition) is 2. The van der Waals surface area contributed by atoms with E-state index in [2.05, 4.69) is 20.6 Å². The summed E-state index contributed by atoms with van der Waals surface area (Å²) in [6, 6.07) is 15.1. The zero-order chi connectivity index (χ0) is 19.9. The van der Waals surface area contributed by atoms with Crippen LogP contribution in [0.1, 0.15) is 27.8 Å². The van der Waals surface area contributed by atoms with E-state index in [4.69, 9.17) is 16.3 Å². The molecule has 2 aromatic carbocycles. The maximum atomic E-state index is 12.5. The highest BCUT2D eigenvalue weighted by atomic mass is 35.5. The van der Waals surface area contributed by atoms with Gasteiger partial charge in [0.2, 0.25) is 0 Å². The number of hydrogen-bond acceptors (Lipinski definition) is 6. The molecule has 0 atom stereocenters. The molecular weight excluding hydrogens is 380 g/mol. The monoisotopic (exact) mass is 396 g/mol. The molecular formula is C20H17ClN4O3. The number of esters is 1. The molecule has 0 saturated heterocycles. The molecule has 142 valence electrons. The first-order valence-corrected chi connectivity index (χ1v) is 8.86. The van der Waals surface area contributed by atoms with E-state index in [1.807, 2.05) is 6.07 Å². The highest BCUT2D eigenvalue weighted by molar-refractivity contribution is 6.30. The van der Waals surface area contributed by atoms with Crippen molar-refractivity contribution in [3.05, 3.63) is 77.2 Å². The zero-order valence-electron chi connectivity index (χ0n) is 15.0. The highest BCUT2D eigenvalue weighted by Gasteiger charge is 2.11. The van der Waals surface area contributed by atoms with Gasteiger partial charge in [-0.2, -0.15) is 0 Å². The van der Waals surface area contributed by atoms with Gasteiger partial charge in [0.05, 0.1) is 12.2 Å². The molecule has 8 heteroatoms. The molecule has 0 aliphatic carbocycles. The lowest BCUT2D eigenvalue weighted by atomic mass is 10.2. The number of aromatic nitrogens is 2. The van der Waals surface area contributed by atoms with E-state index >= 15 is 0 Å². The Balaban J connectivity index is 1.68. The van der Waals surface area contributed by atoms with Crippen LogP contribution in [0.2, 0.25) is 5.02 Å². The topological polar surface area (TPSA) is 93.2 Å². The van der Waals surface area contributed by atoms with Crippen molar-refractivity contribution in [3.8, 4) is 0 Å². The fourth-order valence-electron chi connectivity index (χ4n) is 2.36. The summed E-state index contributed by atoms with van der Waals surface area (Å²) in [5.41, 5.74) is 1.87. The number of nitrogens with one attached hydrogen (secondary N) is 2. The number of anilines is 3. The summed E-state index contributed by atoms with van der Waals surface area (Å²) in [4.78, 5) is 32.2. The van der Waals surface area contributed by atoms with E-state index in [1.165, 1.54) is 12.4 Å². The second-order valence-corrected chi connectivity index (χ2v) is 6.11. The number of nitrogens with zero attached hydrogens (tertiary/aromatic N) is 2. The van der Waals surface area contributed by atoms with E-state index in [0.29, 0.717) is 28.7 Å². The molecule has 0 saturated carbocycles. The first-order valence-electron chi connectivity index (χ1n) is 8.48. The number of carbonyl (C=O) groups excluding carboxylic acids is 2. The maximum Gasteiger partial charge on any atom is 0.338 e. The van der Waals surface area contributed by atoms with Crippen molar-refractivity contribution in [1.29, 1.82) is 0 Å². The van der Waals surface area contributed by atoms with Gasteiger partial charge >= 0.3 is 5.97 Å². The largest absolute Gasteiger partial charge is 0.462 e. The SMILES string of the molecule is CCOC(=O)c1ccc(NC(=O)c2cc(Nc3cccc(Cl)c3)ncn2)cc1. The van der Waals surface area contributed by atoms with Gasteiger partial charge in [-0.3, -0.25) is 4.79 Å². The molecule has 1 amide bonds. The lowest BCUT2D eigenvalue weighted by Crippen LogP contribution is -2.14. The van der Waals surface area contributed by atoms with E-state index in [0.717, 1.165) is 5.69 Å². The van der Waals surface area contributed by atoms with E-state index in [-0.39, 0.29) is 5.69 Å². The molecule has 0 unspecified atom stereocenters. The molecule has 0 aliphatic heterocycles. The quantitative estimate of drug-likeness (QED) is 0.603. The molecule has 3 rings (SSSR count). The molecule has 1 aromatic heterocycles. The number of carbonyl (C=O) groups is 2. The van der Waals surface area contributed by atoms with Gasteiger partial charge < -0.3 is 15.4 Å². The summed E-state index contributed by atoms with van der Waals surface area (Å²) < 4.78 is 4.93. The maximum absolute atomic E-state index is 12.5. The highest BCUT2D eigenvalue weighted by Crippen LogP contribution is 2.19. The van der Waals surface area contributed by atoms with Crippen LogP contribution in [-0.4, -0.2) is 28.5 Å². The van der Waals surface area contributed by atoms with Crippen LogP contribution in [0.4, 0.5) is 17.2 Å². The van der Waals surface area contributed by atoms with Gasteiger partial charge in [-0.25, -0.2) is 14.8 Å². The van der Waals surface area contributed by atoms with Crippen LogP contribution >= 0.6 is 11.6 Å². The van der Waals surface area contributed by atoms with Gasteiger partial charge in [-0.15, -0.1) is 0 Å². The molecule has 28 heavy (non-hydrogen) atoms. The van der Waals surface area contributed by atoms with E-state index in [9.17, 15) is 9.59 Å². The Bertz CT molecular complexity index is 993. The Morgan fingerprint density at radius 3 is 2.54 bits per heavy atom. The van der Waals surface area contributed by atoms with Crippen molar-refractivity contribution in [2.75, 3.05) is 17.2 Å². The fraction of sp³-hybridized carbons (Fsp3) is 0.100. The Hall–Kier alpha value is -3.45. The van der Waals surface area contributed by atoms with Crippen LogP contribution in [0.15, 0.2) is 60.9 Å². The number of ether oxygens (including phenoxy) is 1. The lowest BCUT2D eigenvalue weighted by Gasteiger charge is -2.08. The van der Waals surface area contributed by atoms with Gasteiger partial charge in [-0.05, 0) is 49.4 Å². The first kappa shape index (κ1) is 19.3. The predicted molar refractivity (Wildman–Crippen MR) is 107 cm³/mol. The number of benzene rings is 2.